The Morgan fingerprint density at radius 3 is 2.60 bits per heavy atom. The second kappa shape index (κ2) is 14.0. The van der Waals surface area contributed by atoms with Crippen molar-refractivity contribution in [1.29, 1.82) is 0 Å². The molecule has 0 saturated carbocycles. The quantitative estimate of drug-likeness (QED) is 0.335. The van der Waals surface area contributed by atoms with Gasteiger partial charge in [-0.05, 0) is 60.5 Å². The highest BCUT2D eigenvalue weighted by atomic mass is 19.1. The number of carbonyl (C=O) groups is 3. The van der Waals surface area contributed by atoms with Crippen LogP contribution >= 0.6 is 0 Å². The van der Waals surface area contributed by atoms with Gasteiger partial charge in [-0.2, -0.15) is 0 Å². The fraction of sp³-hybridized carbons (Fsp3) is 0.278. The van der Waals surface area contributed by atoms with Crippen molar-refractivity contribution < 1.29 is 37.7 Å². The molecular formula is C36H35FN4O7. The van der Waals surface area contributed by atoms with Gasteiger partial charge in [-0.1, -0.05) is 18.2 Å². The van der Waals surface area contributed by atoms with Crippen LogP contribution in [0.1, 0.15) is 38.4 Å². The third-order valence-electron chi connectivity index (χ3n) is 8.38. The van der Waals surface area contributed by atoms with E-state index in [0.717, 1.165) is 5.56 Å². The summed E-state index contributed by atoms with van der Waals surface area (Å²) in [6.45, 7) is 2.16. The SMILES string of the molecule is COc1cc2ccc1CNC(=O)COc1cccc(c1)-c1ccc(F)c(c1)C(=O)N[C@@H]1CN(C(=O)c3cc(C)ncc3OC)CC[C@@H]1O2. The summed E-state index contributed by atoms with van der Waals surface area (Å²) in [6.07, 6.45) is 1.28. The van der Waals surface area contributed by atoms with Gasteiger partial charge in [0.2, 0.25) is 0 Å². The first-order chi connectivity index (χ1) is 23.2. The monoisotopic (exact) mass is 654 g/mol. The van der Waals surface area contributed by atoms with E-state index in [-0.39, 0.29) is 37.1 Å². The van der Waals surface area contributed by atoms with Gasteiger partial charge in [0, 0.05) is 43.4 Å². The van der Waals surface area contributed by atoms with Crippen molar-refractivity contribution in [1.82, 2.24) is 20.5 Å². The van der Waals surface area contributed by atoms with Crippen molar-refractivity contribution in [3.05, 3.63) is 101 Å². The minimum Gasteiger partial charge on any atom is -0.496 e. The summed E-state index contributed by atoms with van der Waals surface area (Å²) in [4.78, 5) is 46.0. The lowest BCUT2D eigenvalue weighted by Gasteiger charge is -2.39. The van der Waals surface area contributed by atoms with Crippen molar-refractivity contribution in [2.75, 3.05) is 33.9 Å². The molecule has 7 rings (SSSR count). The molecule has 2 atom stereocenters. The normalized spacial score (nSPS) is 18.0. The molecule has 1 saturated heterocycles. The van der Waals surface area contributed by atoms with Crippen LogP contribution in [0.15, 0.2) is 72.9 Å². The third-order valence-corrected chi connectivity index (χ3v) is 8.38. The summed E-state index contributed by atoms with van der Waals surface area (Å²) in [6, 6.07) is 17.4. The van der Waals surface area contributed by atoms with Gasteiger partial charge in [0.25, 0.3) is 17.7 Å². The number of hydrogen-bond acceptors (Lipinski definition) is 8. The van der Waals surface area contributed by atoms with Crippen LogP contribution in [-0.4, -0.2) is 73.7 Å². The highest BCUT2D eigenvalue weighted by Crippen LogP contribution is 2.30. The van der Waals surface area contributed by atoms with Crippen LogP contribution < -0.4 is 29.6 Å². The molecular weight excluding hydrogens is 619 g/mol. The molecule has 0 radical (unpaired) electrons. The lowest BCUT2D eigenvalue weighted by atomic mass is 9.98. The largest absolute Gasteiger partial charge is 0.496 e. The number of rotatable bonds is 3. The van der Waals surface area contributed by atoms with Crippen molar-refractivity contribution in [3.63, 3.8) is 0 Å². The predicted molar refractivity (Wildman–Crippen MR) is 174 cm³/mol. The second-order valence-electron chi connectivity index (χ2n) is 11.6. The highest BCUT2D eigenvalue weighted by Gasteiger charge is 2.36. The van der Waals surface area contributed by atoms with Crippen molar-refractivity contribution in [3.8, 4) is 34.1 Å². The van der Waals surface area contributed by atoms with Crippen molar-refractivity contribution in [2.45, 2.75) is 32.0 Å². The number of nitrogens with one attached hydrogen (secondary N) is 2. The molecule has 4 aromatic rings. The Labute approximate surface area is 277 Å². The van der Waals surface area contributed by atoms with Crippen LogP contribution in [0.4, 0.5) is 4.39 Å². The van der Waals surface area contributed by atoms with E-state index in [1.165, 1.54) is 32.5 Å². The summed E-state index contributed by atoms with van der Waals surface area (Å²) in [7, 11) is 2.99. The molecule has 11 nitrogen and oxygen atoms in total. The van der Waals surface area contributed by atoms with Gasteiger partial charge >= 0.3 is 0 Å². The Kier molecular flexibility index (Phi) is 9.42. The van der Waals surface area contributed by atoms with E-state index >= 15 is 4.39 Å². The van der Waals surface area contributed by atoms with Gasteiger partial charge in [0.15, 0.2) is 6.61 Å². The predicted octanol–water partition coefficient (Wildman–Crippen LogP) is 4.31. The molecule has 1 fully saturated rings. The molecule has 48 heavy (non-hydrogen) atoms. The fourth-order valence-corrected chi connectivity index (χ4v) is 5.85. The van der Waals surface area contributed by atoms with E-state index < -0.39 is 23.9 Å². The lowest BCUT2D eigenvalue weighted by molar-refractivity contribution is -0.123. The molecule has 3 aliphatic rings. The number of hydrogen-bond donors (Lipinski definition) is 2. The minimum absolute atomic E-state index is 0.0850. The van der Waals surface area contributed by atoms with Crippen LogP contribution in [0.3, 0.4) is 0 Å². The molecule has 3 amide bonds. The highest BCUT2D eigenvalue weighted by molar-refractivity contribution is 5.98. The Bertz CT molecular complexity index is 1870. The molecule has 4 heterocycles. The molecule has 0 unspecified atom stereocenters. The topological polar surface area (TPSA) is 128 Å². The number of halogens is 1. The number of nitrogens with zero attached hydrogens (tertiary/aromatic N) is 2. The average Bonchev–Trinajstić information content (AvgIpc) is 3.10. The Morgan fingerprint density at radius 1 is 0.979 bits per heavy atom. The zero-order valence-electron chi connectivity index (χ0n) is 26.7. The lowest BCUT2D eigenvalue weighted by Crippen LogP contribution is -2.58. The zero-order chi connectivity index (χ0) is 33.8. The van der Waals surface area contributed by atoms with E-state index in [9.17, 15) is 14.4 Å². The fourth-order valence-electron chi connectivity index (χ4n) is 5.85. The number of fused-ring (bicyclic) bond motifs is 7. The number of amides is 3. The number of methoxy groups -OCH3 is 2. The van der Waals surface area contributed by atoms with Gasteiger partial charge in [0.05, 0.1) is 37.6 Å². The first-order valence-corrected chi connectivity index (χ1v) is 15.5. The molecule has 0 spiro atoms. The summed E-state index contributed by atoms with van der Waals surface area (Å²) in [5.74, 6) is -0.276. The second-order valence-corrected chi connectivity index (χ2v) is 11.6. The summed E-state index contributed by atoms with van der Waals surface area (Å²) in [5, 5.41) is 5.80. The van der Waals surface area contributed by atoms with Crippen LogP contribution in [0, 0.1) is 12.7 Å². The number of aromatic nitrogens is 1. The molecule has 1 aromatic heterocycles. The van der Waals surface area contributed by atoms with E-state index in [4.69, 9.17) is 18.9 Å². The molecule has 248 valence electrons. The van der Waals surface area contributed by atoms with E-state index in [1.54, 1.807) is 66.4 Å². The van der Waals surface area contributed by atoms with Gasteiger partial charge in [-0.3, -0.25) is 19.4 Å². The van der Waals surface area contributed by atoms with E-state index in [1.807, 2.05) is 0 Å². The molecule has 2 N–H and O–H groups in total. The maximum Gasteiger partial charge on any atom is 0.258 e. The Hall–Kier alpha value is -5.65. The number of benzene rings is 3. The Balaban J connectivity index is 1.36. The Morgan fingerprint density at radius 2 is 1.79 bits per heavy atom. The number of likely N-dealkylation sites (tertiary alicyclic amines) is 1. The van der Waals surface area contributed by atoms with Crippen LogP contribution in [-0.2, 0) is 11.3 Å². The van der Waals surface area contributed by atoms with Gasteiger partial charge in [-0.25, -0.2) is 4.39 Å². The van der Waals surface area contributed by atoms with Crippen molar-refractivity contribution >= 4 is 17.7 Å². The smallest absolute Gasteiger partial charge is 0.258 e. The molecule has 6 bridgehead atoms. The van der Waals surface area contributed by atoms with E-state index in [0.29, 0.717) is 58.3 Å². The number of piperidine rings is 1. The standard InChI is InChI=1S/C36H35FN4O7/c1-21-13-28(33(46-3)18-38-21)36(44)41-12-11-31-30(19-41)40-35(43)27-15-23(8-10-29(27)37)22-5-4-6-25(14-22)47-20-34(42)39-17-24-7-9-26(48-31)16-32(24)45-2/h4-10,13-16,18,30-31H,11-12,17,19-20H2,1-3H3,(H,39,42)(H,40,43)/t30-,31+/m1/s1. The molecule has 3 aliphatic heterocycles. The first kappa shape index (κ1) is 32.3. The maximum absolute atomic E-state index is 15.2. The van der Waals surface area contributed by atoms with Crippen molar-refractivity contribution in [2.24, 2.45) is 0 Å². The summed E-state index contributed by atoms with van der Waals surface area (Å²) in [5.41, 5.74) is 2.78. The van der Waals surface area contributed by atoms with Crippen LogP contribution in [0.2, 0.25) is 0 Å². The maximum atomic E-state index is 15.2. The molecule has 0 aliphatic carbocycles. The number of ether oxygens (including phenoxy) is 4. The molecule has 3 aromatic carbocycles. The van der Waals surface area contributed by atoms with E-state index in [2.05, 4.69) is 15.6 Å². The van der Waals surface area contributed by atoms with Gasteiger partial charge in [-0.15, -0.1) is 0 Å². The average molecular weight is 655 g/mol. The number of carbonyl (C=O) groups excluding carboxylic acids is 3. The third kappa shape index (κ3) is 7.02. The van der Waals surface area contributed by atoms with Gasteiger partial charge < -0.3 is 34.5 Å². The van der Waals surface area contributed by atoms with Crippen LogP contribution in [0.25, 0.3) is 11.1 Å². The first-order valence-electron chi connectivity index (χ1n) is 15.5. The molecule has 12 heteroatoms. The number of aryl methyl sites for hydroxylation is 1. The zero-order valence-corrected chi connectivity index (χ0v) is 26.7. The van der Waals surface area contributed by atoms with Gasteiger partial charge in [0.1, 0.15) is 34.9 Å². The summed E-state index contributed by atoms with van der Waals surface area (Å²) < 4.78 is 38.4. The minimum atomic E-state index is -0.723. The number of pyridine rings is 1. The van der Waals surface area contributed by atoms with Crippen LogP contribution in [0.5, 0.6) is 23.0 Å². The summed E-state index contributed by atoms with van der Waals surface area (Å²) >= 11 is 0.